The first-order valence-electron chi connectivity index (χ1n) is 7.13. The number of methoxy groups -OCH3 is 2. The summed E-state index contributed by atoms with van der Waals surface area (Å²) in [5.41, 5.74) is 1.61. The van der Waals surface area contributed by atoms with E-state index in [2.05, 4.69) is 10.6 Å². The fraction of sp³-hybridized carbons (Fsp3) is 0.235. The van der Waals surface area contributed by atoms with Crippen molar-refractivity contribution in [3.05, 3.63) is 53.1 Å². The third-order valence-corrected chi connectivity index (χ3v) is 3.49. The van der Waals surface area contributed by atoms with E-state index in [1.165, 1.54) is 0 Å². The van der Waals surface area contributed by atoms with Crippen molar-refractivity contribution in [2.75, 3.05) is 26.1 Å². The molecule has 122 valence electrons. The number of carbonyl (C=O) groups excluding carboxylic acids is 1. The summed E-state index contributed by atoms with van der Waals surface area (Å²) in [5, 5.41) is 6.10. The Morgan fingerprint density at radius 2 is 1.96 bits per heavy atom. The van der Waals surface area contributed by atoms with Gasteiger partial charge >= 0.3 is 6.03 Å². The van der Waals surface area contributed by atoms with Gasteiger partial charge in [0.15, 0.2) is 0 Å². The van der Waals surface area contributed by atoms with E-state index in [0.29, 0.717) is 23.7 Å². The van der Waals surface area contributed by atoms with Crippen LogP contribution in [0.1, 0.15) is 5.56 Å². The molecule has 2 N–H and O–H groups in total. The fourth-order valence-electron chi connectivity index (χ4n) is 2.13. The Labute approximate surface area is 140 Å². The molecule has 0 bridgehead atoms. The van der Waals surface area contributed by atoms with Gasteiger partial charge in [0.25, 0.3) is 0 Å². The molecule has 2 rings (SSSR count). The lowest BCUT2D eigenvalue weighted by Gasteiger charge is -2.11. The zero-order valence-corrected chi connectivity index (χ0v) is 13.8. The highest BCUT2D eigenvalue weighted by Crippen LogP contribution is 2.24. The van der Waals surface area contributed by atoms with Crippen molar-refractivity contribution < 1.29 is 14.3 Å². The highest BCUT2D eigenvalue weighted by Gasteiger charge is 2.06. The molecule has 23 heavy (non-hydrogen) atoms. The molecule has 6 heteroatoms. The van der Waals surface area contributed by atoms with E-state index in [0.717, 1.165) is 17.1 Å². The van der Waals surface area contributed by atoms with Gasteiger partial charge in [-0.05, 0) is 48.4 Å². The van der Waals surface area contributed by atoms with Crippen molar-refractivity contribution in [2.45, 2.75) is 6.42 Å². The summed E-state index contributed by atoms with van der Waals surface area (Å²) < 4.78 is 10.5. The second kappa shape index (κ2) is 8.29. The van der Waals surface area contributed by atoms with Crippen LogP contribution in [0.3, 0.4) is 0 Å². The third-order valence-electron chi connectivity index (χ3n) is 3.25. The maximum absolute atomic E-state index is 11.9. The molecule has 0 aliphatic heterocycles. The molecule has 0 spiro atoms. The zero-order valence-electron chi connectivity index (χ0n) is 13.1. The number of benzene rings is 2. The molecule has 2 aromatic rings. The van der Waals surface area contributed by atoms with E-state index in [-0.39, 0.29) is 6.03 Å². The van der Waals surface area contributed by atoms with Crippen molar-refractivity contribution >= 4 is 23.3 Å². The number of hydrogen-bond acceptors (Lipinski definition) is 3. The van der Waals surface area contributed by atoms with Crippen LogP contribution in [-0.4, -0.2) is 26.8 Å². The minimum absolute atomic E-state index is 0.283. The van der Waals surface area contributed by atoms with Crippen LogP contribution in [0.25, 0.3) is 0 Å². The lowest BCUT2D eigenvalue weighted by atomic mass is 10.1. The van der Waals surface area contributed by atoms with Gasteiger partial charge in [-0.25, -0.2) is 4.79 Å². The molecule has 2 amide bonds. The van der Waals surface area contributed by atoms with Crippen LogP contribution in [0, 0.1) is 0 Å². The molecular weight excluding hydrogens is 316 g/mol. The van der Waals surface area contributed by atoms with Gasteiger partial charge in [0, 0.05) is 17.3 Å². The van der Waals surface area contributed by atoms with Gasteiger partial charge in [-0.15, -0.1) is 0 Å². The number of hydrogen-bond donors (Lipinski definition) is 2. The first-order valence-corrected chi connectivity index (χ1v) is 7.51. The summed E-state index contributed by atoms with van der Waals surface area (Å²) in [7, 11) is 3.23. The minimum Gasteiger partial charge on any atom is -0.497 e. The van der Waals surface area contributed by atoms with Crippen molar-refractivity contribution in [3.8, 4) is 11.5 Å². The predicted molar refractivity (Wildman–Crippen MR) is 91.7 cm³/mol. The van der Waals surface area contributed by atoms with E-state index < -0.39 is 0 Å². The van der Waals surface area contributed by atoms with Crippen LogP contribution in [0.15, 0.2) is 42.5 Å². The molecule has 0 radical (unpaired) electrons. The van der Waals surface area contributed by atoms with Crippen LogP contribution in [0.2, 0.25) is 5.02 Å². The monoisotopic (exact) mass is 334 g/mol. The molecule has 0 aromatic heterocycles. The molecule has 0 unspecified atom stereocenters. The number of nitrogens with one attached hydrogen (secondary N) is 2. The molecule has 0 aliphatic rings. The highest BCUT2D eigenvalue weighted by atomic mass is 35.5. The Balaban J connectivity index is 1.88. The van der Waals surface area contributed by atoms with Crippen LogP contribution >= 0.6 is 11.6 Å². The molecular formula is C17H19ClN2O3. The van der Waals surface area contributed by atoms with Crippen molar-refractivity contribution in [2.24, 2.45) is 0 Å². The summed E-state index contributed by atoms with van der Waals surface area (Å²) in [4.78, 5) is 11.9. The Bertz CT molecular complexity index is 677. The predicted octanol–water partition coefficient (Wildman–Crippen LogP) is 3.72. The van der Waals surface area contributed by atoms with Gasteiger partial charge in [0.2, 0.25) is 0 Å². The maximum atomic E-state index is 11.9. The average molecular weight is 335 g/mol. The summed E-state index contributed by atoms with van der Waals surface area (Å²) >= 11 is 5.88. The highest BCUT2D eigenvalue weighted by molar-refractivity contribution is 6.30. The van der Waals surface area contributed by atoms with Gasteiger partial charge in [-0.3, -0.25) is 0 Å². The van der Waals surface area contributed by atoms with Gasteiger partial charge in [0.05, 0.1) is 14.2 Å². The summed E-state index contributed by atoms with van der Waals surface area (Å²) in [5.74, 6) is 1.52. The minimum atomic E-state index is -0.283. The van der Waals surface area contributed by atoms with Gasteiger partial charge in [-0.1, -0.05) is 17.7 Å². The van der Waals surface area contributed by atoms with Crippen molar-refractivity contribution in [1.29, 1.82) is 0 Å². The summed E-state index contributed by atoms with van der Waals surface area (Å²) in [6.07, 6.45) is 0.628. The van der Waals surface area contributed by atoms with E-state index in [4.69, 9.17) is 21.1 Å². The summed E-state index contributed by atoms with van der Waals surface area (Å²) in [6.45, 7) is 0.468. The fourth-order valence-corrected chi connectivity index (χ4v) is 2.32. The molecule has 2 aromatic carbocycles. The van der Waals surface area contributed by atoms with Gasteiger partial charge < -0.3 is 20.1 Å². The Morgan fingerprint density at radius 3 is 2.65 bits per heavy atom. The van der Waals surface area contributed by atoms with Crippen molar-refractivity contribution in [3.63, 3.8) is 0 Å². The van der Waals surface area contributed by atoms with E-state index in [1.54, 1.807) is 38.5 Å². The molecule has 0 aliphatic carbocycles. The Morgan fingerprint density at radius 1 is 1.13 bits per heavy atom. The number of carbonyl (C=O) groups is 1. The smallest absolute Gasteiger partial charge is 0.319 e. The number of rotatable bonds is 6. The second-order valence-electron chi connectivity index (χ2n) is 4.82. The van der Waals surface area contributed by atoms with Crippen LogP contribution < -0.4 is 20.1 Å². The van der Waals surface area contributed by atoms with Crippen molar-refractivity contribution in [1.82, 2.24) is 5.32 Å². The largest absolute Gasteiger partial charge is 0.497 e. The number of urea groups is 1. The molecule has 5 nitrogen and oxygen atoms in total. The maximum Gasteiger partial charge on any atom is 0.319 e. The van der Waals surface area contributed by atoms with Gasteiger partial charge in [-0.2, -0.15) is 0 Å². The normalized spacial score (nSPS) is 10.0. The molecule has 0 fully saturated rings. The number of anilines is 1. The standard InChI is InChI=1S/C17H19ClN2O3/c1-22-15-6-7-16(23-2)12(10-15)8-9-19-17(21)20-14-5-3-4-13(18)11-14/h3-7,10-11H,8-9H2,1-2H3,(H2,19,20,21). The quantitative estimate of drug-likeness (QED) is 0.846. The number of amides is 2. The Hall–Kier alpha value is -2.40. The molecule has 0 heterocycles. The molecule has 0 saturated heterocycles. The molecule has 0 saturated carbocycles. The van der Waals surface area contributed by atoms with Crippen LogP contribution in [0.4, 0.5) is 10.5 Å². The number of ether oxygens (including phenoxy) is 2. The average Bonchev–Trinajstić information content (AvgIpc) is 2.54. The van der Waals surface area contributed by atoms with E-state index in [9.17, 15) is 4.79 Å². The SMILES string of the molecule is COc1ccc(OC)c(CCNC(=O)Nc2cccc(Cl)c2)c1. The van der Waals surface area contributed by atoms with E-state index >= 15 is 0 Å². The summed E-state index contributed by atoms with van der Waals surface area (Å²) in [6, 6.07) is 12.3. The number of halogens is 1. The van der Waals surface area contributed by atoms with E-state index in [1.807, 2.05) is 18.2 Å². The zero-order chi connectivity index (χ0) is 16.7. The molecule has 0 atom stereocenters. The lowest BCUT2D eigenvalue weighted by molar-refractivity contribution is 0.252. The first kappa shape index (κ1) is 17.0. The van der Waals surface area contributed by atoms with Gasteiger partial charge in [0.1, 0.15) is 11.5 Å². The first-order chi connectivity index (χ1) is 11.1. The second-order valence-corrected chi connectivity index (χ2v) is 5.26. The van der Waals surface area contributed by atoms with Crippen LogP contribution in [0.5, 0.6) is 11.5 Å². The third kappa shape index (κ3) is 5.07. The Kier molecular flexibility index (Phi) is 6.11. The topological polar surface area (TPSA) is 59.6 Å². The van der Waals surface area contributed by atoms with Crippen LogP contribution in [-0.2, 0) is 6.42 Å². The lowest BCUT2D eigenvalue weighted by Crippen LogP contribution is -2.30.